The van der Waals surface area contributed by atoms with Gasteiger partial charge in [-0.1, -0.05) is 6.07 Å². The molecule has 0 radical (unpaired) electrons. The zero-order chi connectivity index (χ0) is 20.3. The number of pyridine rings is 2. The van der Waals surface area contributed by atoms with E-state index in [4.69, 9.17) is 4.74 Å². The first kappa shape index (κ1) is 19.0. The Morgan fingerprint density at radius 1 is 1.29 bits per heavy atom. The Morgan fingerprint density at radius 3 is 2.71 bits per heavy atom. The highest BCUT2D eigenvalue weighted by Crippen LogP contribution is 2.21. The average Bonchev–Trinajstić information content (AvgIpc) is 2.68. The number of fused-ring (bicyclic) bond motifs is 1. The van der Waals surface area contributed by atoms with Crippen LogP contribution in [0.2, 0.25) is 0 Å². The van der Waals surface area contributed by atoms with E-state index in [2.05, 4.69) is 4.98 Å². The van der Waals surface area contributed by atoms with Crippen molar-refractivity contribution >= 4 is 34.6 Å². The maximum Gasteiger partial charge on any atom is 0.355 e. The number of carboxylic acids is 1. The SMILES string of the molecule is CCOC(=O)/C(=C\c1ccccn1)n1cc(C(=O)O)c(=O)c2cc(F)ccc21. The lowest BCUT2D eigenvalue weighted by molar-refractivity contribution is -0.136. The largest absolute Gasteiger partial charge is 0.477 e. The van der Waals surface area contributed by atoms with Crippen molar-refractivity contribution in [3.8, 4) is 0 Å². The molecule has 0 saturated carbocycles. The predicted molar refractivity (Wildman–Crippen MR) is 100 cm³/mol. The number of esters is 1. The number of benzene rings is 1. The van der Waals surface area contributed by atoms with Gasteiger partial charge in [-0.3, -0.25) is 9.78 Å². The lowest BCUT2D eigenvalue weighted by atomic mass is 10.1. The smallest absolute Gasteiger partial charge is 0.355 e. The molecule has 3 aromatic rings. The third kappa shape index (κ3) is 3.66. The number of ether oxygens (including phenoxy) is 1. The third-order valence-corrected chi connectivity index (χ3v) is 3.91. The second-order valence-corrected chi connectivity index (χ2v) is 5.71. The molecule has 0 fully saturated rings. The highest BCUT2D eigenvalue weighted by Gasteiger charge is 2.21. The fourth-order valence-corrected chi connectivity index (χ4v) is 2.69. The summed E-state index contributed by atoms with van der Waals surface area (Å²) in [5, 5.41) is 9.21. The van der Waals surface area contributed by atoms with Crippen LogP contribution in [0, 0.1) is 5.82 Å². The molecule has 0 amide bonds. The van der Waals surface area contributed by atoms with Crippen molar-refractivity contribution in [2.75, 3.05) is 6.61 Å². The van der Waals surface area contributed by atoms with E-state index in [0.29, 0.717) is 5.69 Å². The van der Waals surface area contributed by atoms with Gasteiger partial charge in [0, 0.05) is 17.8 Å². The van der Waals surface area contributed by atoms with Gasteiger partial charge in [0.25, 0.3) is 0 Å². The summed E-state index contributed by atoms with van der Waals surface area (Å²) >= 11 is 0. The van der Waals surface area contributed by atoms with Crippen LogP contribution in [0.3, 0.4) is 0 Å². The van der Waals surface area contributed by atoms with E-state index < -0.39 is 28.7 Å². The normalized spacial score (nSPS) is 11.4. The topological polar surface area (TPSA) is 98.5 Å². The number of aromatic nitrogens is 2. The number of nitrogens with zero attached hydrogens (tertiary/aromatic N) is 2. The van der Waals surface area contributed by atoms with E-state index in [1.807, 2.05) is 0 Å². The van der Waals surface area contributed by atoms with Crippen LogP contribution in [0.1, 0.15) is 23.0 Å². The molecule has 7 nitrogen and oxygen atoms in total. The van der Waals surface area contributed by atoms with Crippen LogP contribution in [-0.2, 0) is 9.53 Å². The first-order valence-corrected chi connectivity index (χ1v) is 8.30. The van der Waals surface area contributed by atoms with Crippen molar-refractivity contribution in [1.29, 1.82) is 0 Å². The van der Waals surface area contributed by atoms with Crippen molar-refractivity contribution in [2.45, 2.75) is 6.92 Å². The summed E-state index contributed by atoms with van der Waals surface area (Å²) in [4.78, 5) is 40.7. The lowest BCUT2D eigenvalue weighted by Crippen LogP contribution is -2.21. The number of carbonyl (C=O) groups excluding carboxylic acids is 1. The minimum absolute atomic E-state index is 0.0698. The fraction of sp³-hybridized carbons (Fsp3) is 0.100. The Kier molecular flexibility index (Phi) is 5.30. The van der Waals surface area contributed by atoms with Gasteiger partial charge in [0.05, 0.1) is 17.8 Å². The highest BCUT2D eigenvalue weighted by atomic mass is 19.1. The quantitative estimate of drug-likeness (QED) is 0.538. The maximum atomic E-state index is 13.7. The van der Waals surface area contributed by atoms with Crippen LogP contribution in [0.4, 0.5) is 4.39 Å². The van der Waals surface area contributed by atoms with Crippen LogP contribution in [-0.4, -0.2) is 33.2 Å². The highest BCUT2D eigenvalue weighted by molar-refractivity contribution is 6.17. The molecule has 0 spiro atoms. The second-order valence-electron chi connectivity index (χ2n) is 5.71. The molecule has 3 rings (SSSR count). The first-order chi connectivity index (χ1) is 13.4. The summed E-state index contributed by atoms with van der Waals surface area (Å²) in [5.41, 5.74) is -0.948. The van der Waals surface area contributed by atoms with Gasteiger partial charge in [0.15, 0.2) is 0 Å². The zero-order valence-electron chi connectivity index (χ0n) is 14.8. The Morgan fingerprint density at radius 2 is 2.07 bits per heavy atom. The Bertz CT molecular complexity index is 1150. The van der Waals surface area contributed by atoms with Gasteiger partial charge in [-0.15, -0.1) is 0 Å². The Hall–Kier alpha value is -3.81. The molecule has 0 unspecified atom stereocenters. The van der Waals surface area contributed by atoms with Crippen LogP contribution in [0.25, 0.3) is 22.7 Å². The molecule has 0 atom stereocenters. The summed E-state index contributed by atoms with van der Waals surface area (Å²) in [6.45, 7) is 1.70. The molecule has 28 heavy (non-hydrogen) atoms. The first-order valence-electron chi connectivity index (χ1n) is 8.30. The standard InChI is InChI=1S/C20H15FN2O5/c1-2-28-20(27)17(10-13-5-3-4-8-22-13)23-11-15(19(25)26)18(24)14-9-12(21)6-7-16(14)23/h3-11H,2H2,1H3,(H,25,26)/b17-10+. The number of rotatable bonds is 5. The van der Waals surface area contributed by atoms with Crippen molar-refractivity contribution < 1.29 is 23.8 Å². The fourth-order valence-electron chi connectivity index (χ4n) is 2.69. The molecule has 2 aromatic heterocycles. The third-order valence-electron chi connectivity index (χ3n) is 3.91. The molecule has 1 aromatic carbocycles. The van der Waals surface area contributed by atoms with Crippen molar-refractivity contribution in [1.82, 2.24) is 9.55 Å². The molecule has 142 valence electrons. The number of carbonyl (C=O) groups is 2. The molecule has 0 saturated heterocycles. The van der Waals surface area contributed by atoms with Crippen LogP contribution >= 0.6 is 0 Å². The molecular weight excluding hydrogens is 367 g/mol. The number of aromatic carboxylic acids is 1. The van der Waals surface area contributed by atoms with Crippen LogP contribution < -0.4 is 5.43 Å². The molecule has 0 aliphatic carbocycles. The number of hydrogen-bond acceptors (Lipinski definition) is 5. The van der Waals surface area contributed by atoms with Crippen LogP contribution in [0.15, 0.2) is 53.6 Å². The zero-order valence-corrected chi connectivity index (χ0v) is 14.8. The summed E-state index contributed by atoms with van der Waals surface area (Å²) in [6.07, 6.45) is 3.95. The molecular formula is C20H15FN2O5. The molecule has 8 heteroatoms. The van der Waals surface area contributed by atoms with Gasteiger partial charge in [-0.2, -0.15) is 0 Å². The van der Waals surface area contributed by atoms with Gasteiger partial charge in [0.2, 0.25) is 5.43 Å². The Balaban J connectivity index is 2.38. The van der Waals surface area contributed by atoms with Crippen LogP contribution in [0.5, 0.6) is 0 Å². The Labute approximate surface area is 158 Å². The predicted octanol–water partition coefficient (Wildman–Crippen LogP) is 2.80. The van der Waals surface area contributed by atoms with Gasteiger partial charge in [-0.25, -0.2) is 14.0 Å². The van der Waals surface area contributed by atoms with E-state index in [9.17, 15) is 23.9 Å². The number of halogens is 1. The lowest BCUT2D eigenvalue weighted by Gasteiger charge is -2.15. The summed E-state index contributed by atoms with van der Waals surface area (Å²) in [6, 6.07) is 8.39. The molecule has 0 aliphatic rings. The van der Waals surface area contributed by atoms with Gasteiger partial charge >= 0.3 is 11.9 Å². The average molecular weight is 382 g/mol. The minimum Gasteiger partial charge on any atom is -0.477 e. The summed E-state index contributed by atoms with van der Waals surface area (Å²) in [7, 11) is 0. The number of carboxylic acid groups (broad SMARTS) is 1. The van der Waals surface area contributed by atoms with Crippen molar-refractivity contribution in [2.24, 2.45) is 0 Å². The van der Waals surface area contributed by atoms with E-state index in [1.165, 1.54) is 22.9 Å². The van der Waals surface area contributed by atoms with E-state index in [-0.39, 0.29) is 23.2 Å². The monoisotopic (exact) mass is 382 g/mol. The summed E-state index contributed by atoms with van der Waals surface area (Å²) < 4.78 is 20.0. The van der Waals surface area contributed by atoms with Crippen molar-refractivity contribution in [3.05, 3.63) is 76.1 Å². The van der Waals surface area contributed by atoms with E-state index in [1.54, 1.807) is 25.1 Å². The molecule has 0 aliphatic heterocycles. The van der Waals surface area contributed by atoms with Gasteiger partial charge in [-0.05, 0) is 43.3 Å². The number of hydrogen-bond donors (Lipinski definition) is 1. The van der Waals surface area contributed by atoms with E-state index in [0.717, 1.165) is 18.3 Å². The summed E-state index contributed by atoms with van der Waals surface area (Å²) in [5.74, 6) is -2.95. The van der Waals surface area contributed by atoms with Crippen molar-refractivity contribution in [3.63, 3.8) is 0 Å². The van der Waals surface area contributed by atoms with Gasteiger partial charge < -0.3 is 14.4 Å². The maximum absolute atomic E-state index is 13.7. The van der Waals surface area contributed by atoms with E-state index >= 15 is 0 Å². The second kappa shape index (κ2) is 7.83. The molecule has 2 heterocycles. The molecule has 0 bridgehead atoms. The van der Waals surface area contributed by atoms with Gasteiger partial charge in [0.1, 0.15) is 17.1 Å². The minimum atomic E-state index is -1.49. The molecule has 1 N–H and O–H groups in total.